The summed E-state index contributed by atoms with van der Waals surface area (Å²) in [5.74, 6) is -0.657. The first-order chi connectivity index (χ1) is 14.6. The molecular weight excluding hydrogens is 388 g/mol. The Bertz CT molecular complexity index is 1100. The number of anilines is 2. The second-order valence-electron chi connectivity index (χ2n) is 7.46. The van der Waals surface area contributed by atoms with Crippen molar-refractivity contribution in [3.63, 3.8) is 0 Å². The number of hydrogen-bond acceptors (Lipinski definition) is 5. The molecule has 30 heavy (non-hydrogen) atoms. The molecular formula is C22H19F2N5O. The molecule has 2 aliphatic rings. The minimum absolute atomic E-state index is 0.235. The maximum atomic E-state index is 14.2. The van der Waals surface area contributed by atoms with Crippen molar-refractivity contribution in [1.82, 2.24) is 15.0 Å². The monoisotopic (exact) mass is 407 g/mol. The Labute approximate surface area is 172 Å². The summed E-state index contributed by atoms with van der Waals surface area (Å²) in [6, 6.07) is 6.67. The molecule has 1 N–H and O–H groups in total. The van der Waals surface area contributed by atoms with Gasteiger partial charge in [0.15, 0.2) is 5.82 Å². The van der Waals surface area contributed by atoms with Crippen LogP contribution < -0.4 is 10.2 Å². The molecule has 5 rings (SSSR count). The summed E-state index contributed by atoms with van der Waals surface area (Å²) in [6.45, 7) is 0.235. The van der Waals surface area contributed by atoms with E-state index in [1.54, 1.807) is 12.4 Å². The molecule has 0 spiro atoms. The molecule has 1 aliphatic heterocycles. The van der Waals surface area contributed by atoms with Crippen molar-refractivity contribution in [3.05, 3.63) is 65.6 Å². The lowest BCUT2D eigenvalue weighted by molar-refractivity contribution is -0.117. The van der Waals surface area contributed by atoms with Gasteiger partial charge in [-0.25, -0.2) is 18.7 Å². The van der Waals surface area contributed by atoms with Crippen molar-refractivity contribution < 1.29 is 13.6 Å². The first-order valence-electron chi connectivity index (χ1n) is 9.94. The SMILES string of the molecule is O=C1C(Nc2nc(-c3ccncc3)nc3c2CCC3)CCN1c1c(F)cccc1F. The summed E-state index contributed by atoms with van der Waals surface area (Å²) >= 11 is 0. The third-order valence-corrected chi connectivity index (χ3v) is 5.60. The molecule has 0 saturated carbocycles. The molecule has 1 unspecified atom stereocenters. The molecule has 1 aliphatic carbocycles. The topological polar surface area (TPSA) is 71.0 Å². The van der Waals surface area contributed by atoms with Crippen LogP contribution in [0.4, 0.5) is 20.3 Å². The maximum absolute atomic E-state index is 14.2. The van der Waals surface area contributed by atoms with E-state index in [9.17, 15) is 13.6 Å². The van der Waals surface area contributed by atoms with E-state index in [-0.39, 0.29) is 18.1 Å². The molecule has 0 radical (unpaired) electrons. The zero-order valence-corrected chi connectivity index (χ0v) is 16.1. The number of para-hydroxylation sites is 1. The fourth-order valence-electron chi connectivity index (χ4n) is 4.13. The number of carbonyl (C=O) groups is 1. The van der Waals surface area contributed by atoms with Crippen molar-refractivity contribution in [1.29, 1.82) is 0 Å². The Hall–Kier alpha value is -3.42. The second-order valence-corrected chi connectivity index (χ2v) is 7.46. The maximum Gasteiger partial charge on any atom is 0.249 e. The smallest absolute Gasteiger partial charge is 0.249 e. The number of nitrogens with one attached hydrogen (secondary N) is 1. The number of fused-ring (bicyclic) bond motifs is 1. The standard InChI is InChI=1S/C22H19F2N5O/c23-15-4-2-5-16(24)19(15)29-12-9-18(22(29)30)27-21-14-3-1-6-17(14)26-20(28-21)13-7-10-25-11-8-13/h2,4-5,7-8,10-11,18H,1,3,6,9,12H2,(H,26,27,28). The van der Waals surface area contributed by atoms with Gasteiger partial charge in [-0.2, -0.15) is 0 Å². The van der Waals surface area contributed by atoms with Crippen molar-refractivity contribution in [2.45, 2.75) is 31.7 Å². The lowest BCUT2D eigenvalue weighted by Crippen LogP contribution is -2.35. The Morgan fingerprint density at radius 2 is 1.80 bits per heavy atom. The van der Waals surface area contributed by atoms with Crippen LogP contribution in [0.3, 0.4) is 0 Å². The van der Waals surface area contributed by atoms with E-state index < -0.39 is 17.7 Å². The highest BCUT2D eigenvalue weighted by molar-refractivity contribution is 6.01. The van der Waals surface area contributed by atoms with Gasteiger partial charge < -0.3 is 10.2 Å². The minimum Gasteiger partial charge on any atom is -0.358 e. The zero-order chi connectivity index (χ0) is 20.7. The third-order valence-electron chi connectivity index (χ3n) is 5.60. The number of rotatable bonds is 4. The lowest BCUT2D eigenvalue weighted by Gasteiger charge is -2.19. The average Bonchev–Trinajstić information content (AvgIpc) is 3.36. The number of aryl methyl sites for hydroxylation is 1. The number of amides is 1. The van der Waals surface area contributed by atoms with Crippen LogP contribution in [0.2, 0.25) is 0 Å². The van der Waals surface area contributed by atoms with E-state index >= 15 is 0 Å². The summed E-state index contributed by atoms with van der Waals surface area (Å²) in [6.07, 6.45) is 6.46. The van der Waals surface area contributed by atoms with Crippen LogP contribution in [0, 0.1) is 11.6 Å². The van der Waals surface area contributed by atoms with Crippen LogP contribution in [0.25, 0.3) is 11.4 Å². The number of benzene rings is 1. The highest BCUT2D eigenvalue weighted by atomic mass is 19.1. The molecule has 152 valence electrons. The Morgan fingerprint density at radius 1 is 1.03 bits per heavy atom. The fraction of sp³-hybridized carbons (Fsp3) is 0.273. The number of nitrogens with zero attached hydrogens (tertiary/aromatic N) is 4. The van der Waals surface area contributed by atoms with E-state index in [0.717, 1.165) is 48.2 Å². The summed E-state index contributed by atoms with van der Waals surface area (Å²) in [5, 5.41) is 3.24. The fourth-order valence-corrected chi connectivity index (χ4v) is 4.13. The van der Waals surface area contributed by atoms with Gasteiger partial charge in [0, 0.05) is 35.8 Å². The number of pyridine rings is 1. The van der Waals surface area contributed by atoms with Gasteiger partial charge in [-0.1, -0.05) is 6.07 Å². The van der Waals surface area contributed by atoms with Crippen LogP contribution in [-0.4, -0.2) is 33.4 Å². The molecule has 1 aromatic carbocycles. The van der Waals surface area contributed by atoms with Crippen LogP contribution in [0.15, 0.2) is 42.7 Å². The highest BCUT2D eigenvalue weighted by Crippen LogP contribution is 2.32. The third kappa shape index (κ3) is 3.18. The summed E-state index contributed by atoms with van der Waals surface area (Å²) in [7, 11) is 0. The highest BCUT2D eigenvalue weighted by Gasteiger charge is 2.36. The predicted octanol–water partition coefficient (Wildman–Crippen LogP) is 3.52. The molecule has 0 bridgehead atoms. The molecule has 8 heteroatoms. The van der Waals surface area contributed by atoms with Crippen molar-refractivity contribution in [2.75, 3.05) is 16.8 Å². The van der Waals surface area contributed by atoms with Crippen LogP contribution in [0.1, 0.15) is 24.1 Å². The largest absolute Gasteiger partial charge is 0.358 e. The summed E-state index contributed by atoms with van der Waals surface area (Å²) in [4.78, 5) is 27.5. The van der Waals surface area contributed by atoms with E-state index in [1.165, 1.54) is 11.0 Å². The van der Waals surface area contributed by atoms with Gasteiger partial charge in [-0.15, -0.1) is 0 Å². The minimum atomic E-state index is -0.744. The number of aromatic nitrogens is 3. The normalized spacial score (nSPS) is 18.0. The molecule has 1 fully saturated rings. The quantitative estimate of drug-likeness (QED) is 0.717. The van der Waals surface area contributed by atoms with E-state index in [0.29, 0.717) is 18.1 Å². The first-order valence-corrected chi connectivity index (χ1v) is 9.94. The Morgan fingerprint density at radius 3 is 2.57 bits per heavy atom. The summed E-state index contributed by atoms with van der Waals surface area (Å²) < 4.78 is 28.3. The number of hydrogen-bond donors (Lipinski definition) is 1. The van der Waals surface area contributed by atoms with E-state index in [4.69, 9.17) is 4.98 Å². The van der Waals surface area contributed by atoms with Gasteiger partial charge in [0.05, 0.1) is 0 Å². The van der Waals surface area contributed by atoms with Gasteiger partial charge in [0.2, 0.25) is 5.91 Å². The van der Waals surface area contributed by atoms with Crippen molar-refractivity contribution in [3.8, 4) is 11.4 Å². The molecule has 2 aromatic heterocycles. The molecule has 3 heterocycles. The van der Waals surface area contributed by atoms with E-state index in [2.05, 4.69) is 15.3 Å². The molecule has 1 amide bonds. The molecule has 3 aromatic rings. The summed E-state index contributed by atoms with van der Waals surface area (Å²) in [5.41, 5.74) is 2.53. The predicted molar refractivity (Wildman–Crippen MR) is 108 cm³/mol. The van der Waals surface area contributed by atoms with Crippen LogP contribution >= 0.6 is 0 Å². The van der Waals surface area contributed by atoms with Gasteiger partial charge in [0.25, 0.3) is 0 Å². The Balaban J connectivity index is 1.45. The molecule has 1 atom stereocenters. The van der Waals surface area contributed by atoms with Gasteiger partial charge in [0.1, 0.15) is 29.2 Å². The van der Waals surface area contributed by atoms with Crippen molar-refractivity contribution >= 4 is 17.4 Å². The van der Waals surface area contributed by atoms with Crippen LogP contribution in [0.5, 0.6) is 0 Å². The Kier molecular flexibility index (Phi) is 4.61. The van der Waals surface area contributed by atoms with Crippen LogP contribution in [-0.2, 0) is 17.6 Å². The van der Waals surface area contributed by atoms with Gasteiger partial charge in [-0.3, -0.25) is 9.78 Å². The first kappa shape index (κ1) is 18.6. The lowest BCUT2D eigenvalue weighted by atomic mass is 10.2. The van der Waals surface area contributed by atoms with Gasteiger partial charge in [-0.05, 0) is 49.9 Å². The number of carbonyl (C=O) groups excluding carboxylic acids is 1. The zero-order valence-electron chi connectivity index (χ0n) is 16.1. The van der Waals surface area contributed by atoms with Crippen molar-refractivity contribution in [2.24, 2.45) is 0 Å². The van der Waals surface area contributed by atoms with E-state index in [1.807, 2.05) is 12.1 Å². The molecule has 1 saturated heterocycles. The molecule has 6 nitrogen and oxygen atoms in total. The average molecular weight is 407 g/mol. The second kappa shape index (κ2) is 7.44. The number of halogens is 2. The van der Waals surface area contributed by atoms with Gasteiger partial charge >= 0.3 is 0 Å².